The summed E-state index contributed by atoms with van der Waals surface area (Å²) in [5.41, 5.74) is 5.17. The molecular weight excluding hydrogens is 262 g/mol. The molecule has 0 fully saturated rings. The topological polar surface area (TPSA) is 38.0 Å². The highest BCUT2D eigenvalue weighted by Gasteiger charge is 2.07. The third-order valence-electron chi connectivity index (χ3n) is 1.27. The second-order valence-electron chi connectivity index (χ2n) is 2.24. The van der Waals surface area contributed by atoms with E-state index in [4.69, 9.17) is 5.73 Å². The van der Waals surface area contributed by atoms with E-state index in [1.54, 1.807) is 0 Å². The molecule has 0 bridgehead atoms. The summed E-state index contributed by atoms with van der Waals surface area (Å²) in [6.07, 6.45) is 0. The van der Waals surface area contributed by atoms with Crippen molar-refractivity contribution in [2.45, 2.75) is 0 Å². The Morgan fingerprint density at radius 2 is 2.00 bits per heavy atom. The number of anilines is 1. The van der Waals surface area contributed by atoms with E-state index < -0.39 is 11.6 Å². The lowest BCUT2D eigenvalue weighted by Gasteiger charge is -2.05. The first-order valence-corrected chi connectivity index (χ1v) is 4.42. The van der Waals surface area contributed by atoms with Crippen molar-refractivity contribution in [3.05, 3.63) is 28.2 Å². The summed E-state index contributed by atoms with van der Waals surface area (Å²) in [4.78, 5) is 0. The van der Waals surface area contributed by atoms with Crippen LogP contribution in [0.25, 0.3) is 0 Å². The monoisotopic (exact) mass is 266 g/mol. The van der Waals surface area contributed by atoms with E-state index in [1.807, 2.05) is 0 Å². The standard InChI is InChI=1S/C7H5BrF2N2S/c8-3-1-6(12-7(11)13)5(10)2-4(3)9/h1-2H,(H3,11,12,13). The fourth-order valence-electron chi connectivity index (χ4n) is 0.751. The smallest absolute Gasteiger partial charge is 0.168 e. The quantitative estimate of drug-likeness (QED) is 0.606. The molecule has 0 aliphatic heterocycles. The van der Waals surface area contributed by atoms with Gasteiger partial charge in [-0.25, -0.2) is 8.78 Å². The van der Waals surface area contributed by atoms with Crippen LogP contribution in [0.3, 0.4) is 0 Å². The number of hydrogen-bond acceptors (Lipinski definition) is 1. The van der Waals surface area contributed by atoms with Crippen LogP contribution in [0.15, 0.2) is 16.6 Å². The van der Waals surface area contributed by atoms with Crippen molar-refractivity contribution >= 4 is 38.9 Å². The maximum Gasteiger partial charge on any atom is 0.168 e. The van der Waals surface area contributed by atoms with Crippen LogP contribution in [0, 0.1) is 11.6 Å². The number of nitrogens with one attached hydrogen (secondary N) is 1. The minimum atomic E-state index is -0.742. The van der Waals surface area contributed by atoms with Crippen molar-refractivity contribution in [1.82, 2.24) is 0 Å². The second-order valence-corrected chi connectivity index (χ2v) is 3.53. The molecule has 0 heterocycles. The van der Waals surface area contributed by atoms with Crippen molar-refractivity contribution in [2.75, 3.05) is 5.32 Å². The molecule has 0 aromatic heterocycles. The highest BCUT2D eigenvalue weighted by molar-refractivity contribution is 9.10. The lowest BCUT2D eigenvalue weighted by atomic mass is 10.3. The Morgan fingerprint density at radius 1 is 1.38 bits per heavy atom. The highest BCUT2D eigenvalue weighted by Crippen LogP contribution is 2.23. The molecule has 0 amide bonds. The van der Waals surface area contributed by atoms with Gasteiger partial charge in [0.25, 0.3) is 0 Å². The lowest BCUT2D eigenvalue weighted by Crippen LogP contribution is -2.19. The fourth-order valence-corrected chi connectivity index (χ4v) is 1.20. The van der Waals surface area contributed by atoms with E-state index in [0.29, 0.717) is 0 Å². The molecule has 0 aliphatic rings. The summed E-state index contributed by atoms with van der Waals surface area (Å²) in [7, 11) is 0. The summed E-state index contributed by atoms with van der Waals surface area (Å²) < 4.78 is 25.8. The van der Waals surface area contributed by atoms with Crippen molar-refractivity contribution < 1.29 is 8.78 Å². The fraction of sp³-hybridized carbons (Fsp3) is 0. The molecule has 0 saturated heterocycles. The molecule has 0 spiro atoms. The van der Waals surface area contributed by atoms with Crippen molar-refractivity contribution in [3.63, 3.8) is 0 Å². The van der Waals surface area contributed by atoms with Gasteiger partial charge in [-0.15, -0.1) is 0 Å². The SMILES string of the molecule is NC(=S)Nc1cc(Br)c(F)cc1F. The molecule has 0 radical (unpaired) electrons. The average Bonchev–Trinajstić information content (AvgIpc) is 1.99. The molecule has 0 unspecified atom stereocenters. The Balaban J connectivity index is 3.08. The van der Waals surface area contributed by atoms with Gasteiger partial charge in [-0.2, -0.15) is 0 Å². The van der Waals surface area contributed by atoms with E-state index in [0.717, 1.165) is 6.07 Å². The molecule has 1 aromatic carbocycles. The first kappa shape index (κ1) is 10.3. The van der Waals surface area contributed by atoms with Crippen molar-refractivity contribution in [3.8, 4) is 0 Å². The van der Waals surface area contributed by atoms with E-state index >= 15 is 0 Å². The zero-order chi connectivity index (χ0) is 10.0. The van der Waals surface area contributed by atoms with E-state index in [-0.39, 0.29) is 15.3 Å². The minimum Gasteiger partial charge on any atom is -0.376 e. The van der Waals surface area contributed by atoms with Crippen LogP contribution in [-0.4, -0.2) is 5.11 Å². The summed E-state index contributed by atoms with van der Waals surface area (Å²) in [5.74, 6) is -1.42. The summed E-state index contributed by atoms with van der Waals surface area (Å²) in [6.45, 7) is 0. The highest BCUT2D eigenvalue weighted by atomic mass is 79.9. The zero-order valence-electron chi connectivity index (χ0n) is 6.27. The summed E-state index contributed by atoms with van der Waals surface area (Å²) in [5, 5.41) is 2.31. The molecule has 1 aromatic rings. The lowest BCUT2D eigenvalue weighted by molar-refractivity contribution is 0.582. The molecule has 6 heteroatoms. The third kappa shape index (κ3) is 2.60. The Bertz CT molecular complexity index is 357. The number of thiocarbonyl (C=S) groups is 1. The predicted molar refractivity (Wildman–Crippen MR) is 54.5 cm³/mol. The van der Waals surface area contributed by atoms with Gasteiger partial charge in [0.05, 0.1) is 10.2 Å². The van der Waals surface area contributed by atoms with Crippen LogP contribution >= 0.6 is 28.1 Å². The maximum absolute atomic E-state index is 13.0. The number of halogens is 3. The van der Waals surface area contributed by atoms with E-state index in [1.165, 1.54) is 6.07 Å². The Hall–Kier alpha value is -0.750. The number of benzene rings is 1. The molecule has 70 valence electrons. The first-order valence-electron chi connectivity index (χ1n) is 3.21. The van der Waals surface area contributed by atoms with Gasteiger partial charge < -0.3 is 11.1 Å². The van der Waals surface area contributed by atoms with Gasteiger partial charge in [0.1, 0.15) is 11.6 Å². The molecule has 3 N–H and O–H groups in total. The molecule has 0 saturated carbocycles. The molecule has 0 atom stereocenters. The molecule has 2 nitrogen and oxygen atoms in total. The maximum atomic E-state index is 13.0. The van der Waals surface area contributed by atoms with Gasteiger partial charge in [-0.05, 0) is 34.2 Å². The minimum absolute atomic E-state index is 0.0424. The van der Waals surface area contributed by atoms with Gasteiger partial charge in [-0.3, -0.25) is 0 Å². The summed E-state index contributed by atoms with van der Waals surface area (Å²) in [6, 6.07) is 1.97. The van der Waals surface area contributed by atoms with Crippen LogP contribution in [0.2, 0.25) is 0 Å². The number of hydrogen-bond donors (Lipinski definition) is 2. The largest absolute Gasteiger partial charge is 0.376 e. The third-order valence-corrected chi connectivity index (χ3v) is 1.98. The van der Waals surface area contributed by atoms with Crippen molar-refractivity contribution in [1.29, 1.82) is 0 Å². The second kappa shape index (κ2) is 3.97. The van der Waals surface area contributed by atoms with E-state index in [2.05, 4.69) is 33.5 Å². The Kier molecular flexibility index (Phi) is 3.16. The number of rotatable bonds is 1. The first-order chi connectivity index (χ1) is 6.00. The van der Waals surface area contributed by atoms with Crippen LogP contribution < -0.4 is 11.1 Å². The van der Waals surface area contributed by atoms with Gasteiger partial charge >= 0.3 is 0 Å². The number of nitrogens with two attached hydrogens (primary N) is 1. The summed E-state index contributed by atoms with van der Waals surface area (Å²) >= 11 is 7.41. The normalized spacial score (nSPS) is 9.77. The van der Waals surface area contributed by atoms with Gasteiger partial charge in [0.15, 0.2) is 5.11 Å². The van der Waals surface area contributed by atoms with Gasteiger partial charge in [0.2, 0.25) is 0 Å². The predicted octanol–water partition coefficient (Wildman–Crippen LogP) is 2.38. The van der Waals surface area contributed by atoms with Crippen LogP contribution in [0.4, 0.5) is 14.5 Å². The molecule has 1 rings (SSSR count). The Labute approximate surface area is 87.2 Å². The average molecular weight is 267 g/mol. The zero-order valence-corrected chi connectivity index (χ0v) is 8.68. The van der Waals surface area contributed by atoms with Gasteiger partial charge in [0, 0.05) is 6.07 Å². The van der Waals surface area contributed by atoms with Crippen LogP contribution in [0.1, 0.15) is 0 Å². The van der Waals surface area contributed by atoms with Gasteiger partial charge in [-0.1, -0.05) is 0 Å². The van der Waals surface area contributed by atoms with E-state index in [9.17, 15) is 8.78 Å². The Morgan fingerprint density at radius 3 is 2.54 bits per heavy atom. The van der Waals surface area contributed by atoms with Crippen molar-refractivity contribution in [2.24, 2.45) is 5.73 Å². The molecule has 0 aliphatic carbocycles. The van der Waals surface area contributed by atoms with Crippen LogP contribution in [0.5, 0.6) is 0 Å². The molecular formula is C7H5BrF2N2S. The van der Waals surface area contributed by atoms with Crippen LogP contribution in [-0.2, 0) is 0 Å². The molecule has 13 heavy (non-hydrogen) atoms.